The van der Waals surface area contributed by atoms with Crippen molar-refractivity contribution in [1.29, 1.82) is 0 Å². The molecule has 0 radical (unpaired) electrons. The molecule has 1 aliphatic heterocycles. The van der Waals surface area contributed by atoms with Crippen LogP contribution < -0.4 is 0 Å². The van der Waals surface area contributed by atoms with Crippen LogP contribution in [0.25, 0.3) is 0 Å². The van der Waals surface area contributed by atoms with Crippen LogP contribution in [0, 0.1) is 5.92 Å². The van der Waals surface area contributed by atoms with Gasteiger partial charge in [-0.2, -0.15) is 4.98 Å². The molecule has 1 atom stereocenters. The lowest BCUT2D eigenvalue weighted by Gasteiger charge is -2.01. The summed E-state index contributed by atoms with van der Waals surface area (Å²) >= 11 is 0. The molecule has 2 rings (SSSR count). The highest BCUT2D eigenvalue weighted by atomic mass is 32.2. The topological polar surface area (TPSA) is 90.1 Å². The van der Waals surface area contributed by atoms with E-state index in [1.165, 1.54) is 6.92 Å². The minimum atomic E-state index is -2.88. The molecule has 1 aliphatic rings. The van der Waals surface area contributed by atoms with Crippen molar-refractivity contribution >= 4 is 15.6 Å². The van der Waals surface area contributed by atoms with Gasteiger partial charge in [-0.3, -0.25) is 4.79 Å². The van der Waals surface area contributed by atoms with Crippen LogP contribution in [0.15, 0.2) is 4.52 Å². The first-order chi connectivity index (χ1) is 7.46. The van der Waals surface area contributed by atoms with E-state index < -0.39 is 9.84 Å². The highest BCUT2D eigenvalue weighted by Crippen LogP contribution is 2.21. The van der Waals surface area contributed by atoms with Crippen molar-refractivity contribution in [3.8, 4) is 0 Å². The molecule has 0 bridgehead atoms. The molecule has 88 valence electrons. The van der Waals surface area contributed by atoms with Crippen LogP contribution in [0.1, 0.15) is 29.9 Å². The number of Topliss-reactive ketones (excluding diaryl/α,β-unsaturated/α-hetero) is 1. The van der Waals surface area contributed by atoms with Crippen LogP contribution in [0.2, 0.25) is 0 Å². The van der Waals surface area contributed by atoms with Crippen molar-refractivity contribution < 1.29 is 17.7 Å². The molecule has 2 heterocycles. The molecule has 6 nitrogen and oxygen atoms in total. The van der Waals surface area contributed by atoms with Gasteiger partial charge in [0.15, 0.2) is 9.84 Å². The van der Waals surface area contributed by atoms with Gasteiger partial charge in [0, 0.05) is 13.3 Å². The molecule has 1 aromatic rings. The molecule has 0 saturated carbocycles. The maximum absolute atomic E-state index is 11.2. The molecule has 0 aromatic carbocycles. The Morgan fingerprint density at radius 3 is 2.81 bits per heavy atom. The number of hydrogen-bond donors (Lipinski definition) is 0. The highest BCUT2D eigenvalue weighted by Gasteiger charge is 2.29. The standard InChI is InChI=1S/C9H12N2O4S/c1-6(12)9-10-8(15-11-9)4-7-2-3-16(13,14)5-7/h7H,2-5H2,1H3. The lowest BCUT2D eigenvalue weighted by Crippen LogP contribution is -2.07. The number of aromatic nitrogens is 2. The maximum Gasteiger partial charge on any atom is 0.238 e. The summed E-state index contributed by atoms with van der Waals surface area (Å²) in [6, 6.07) is 0. The lowest BCUT2D eigenvalue weighted by atomic mass is 10.1. The van der Waals surface area contributed by atoms with E-state index in [1.54, 1.807) is 0 Å². The summed E-state index contributed by atoms with van der Waals surface area (Å²) in [5.41, 5.74) is 0. The normalized spacial score (nSPS) is 23.4. The second kappa shape index (κ2) is 3.97. The first-order valence-corrected chi connectivity index (χ1v) is 6.82. The Morgan fingerprint density at radius 1 is 1.56 bits per heavy atom. The number of rotatable bonds is 3. The van der Waals surface area contributed by atoms with Gasteiger partial charge in [-0.05, 0) is 12.3 Å². The van der Waals surface area contributed by atoms with Gasteiger partial charge in [-0.25, -0.2) is 8.42 Å². The lowest BCUT2D eigenvalue weighted by molar-refractivity contribution is 0.100. The quantitative estimate of drug-likeness (QED) is 0.708. The number of hydrogen-bond acceptors (Lipinski definition) is 6. The molecular weight excluding hydrogens is 232 g/mol. The predicted molar refractivity (Wildman–Crippen MR) is 54.8 cm³/mol. The Bertz CT molecular complexity index is 505. The first kappa shape index (κ1) is 11.3. The Labute approximate surface area is 93.0 Å². The Hall–Kier alpha value is -1.24. The summed E-state index contributed by atoms with van der Waals surface area (Å²) < 4.78 is 27.3. The zero-order chi connectivity index (χ0) is 11.8. The molecule has 0 aliphatic carbocycles. The number of ketones is 1. The molecule has 0 spiro atoms. The second-order valence-electron chi connectivity index (χ2n) is 4.04. The third-order valence-corrected chi connectivity index (χ3v) is 4.41. The monoisotopic (exact) mass is 244 g/mol. The molecule has 0 amide bonds. The van der Waals surface area contributed by atoms with E-state index in [9.17, 15) is 13.2 Å². The van der Waals surface area contributed by atoms with E-state index in [0.717, 1.165) is 0 Å². The van der Waals surface area contributed by atoms with Crippen molar-refractivity contribution in [3.63, 3.8) is 0 Å². The summed E-state index contributed by atoms with van der Waals surface area (Å²) in [5, 5.41) is 3.51. The van der Waals surface area contributed by atoms with Crippen molar-refractivity contribution in [2.75, 3.05) is 11.5 Å². The number of nitrogens with zero attached hydrogens (tertiary/aromatic N) is 2. The van der Waals surface area contributed by atoms with E-state index >= 15 is 0 Å². The third-order valence-electron chi connectivity index (χ3n) is 2.57. The average Bonchev–Trinajstić information content (AvgIpc) is 2.73. The fraction of sp³-hybridized carbons (Fsp3) is 0.667. The minimum absolute atomic E-state index is 0.0326. The van der Waals surface area contributed by atoms with Crippen LogP contribution in [0.5, 0.6) is 0 Å². The molecule has 0 N–H and O–H groups in total. The van der Waals surface area contributed by atoms with Gasteiger partial charge in [0.2, 0.25) is 17.5 Å². The highest BCUT2D eigenvalue weighted by molar-refractivity contribution is 7.91. The fourth-order valence-corrected chi connectivity index (χ4v) is 3.62. The molecule has 1 saturated heterocycles. The van der Waals surface area contributed by atoms with E-state index in [-0.39, 0.29) is 29.0 Å². The number of carbonyl (C=O) groups is 1. The van der Waals surface area contributed by atoms with Gasteiger partial charge in [-0.15, -0.1) is 0 Å². The fourth-order valence-electron chi connectivity index (χ4n) is 1.76. The zero-order valence-electron chi connectivity index (χ0n) is 8.84. The average molecular weight is 244 g/mol. The first-order valence-electron chi connectivity index (χ1n) is 5.00. The van der Waals surface area contributed by atoms with Gasteiger partial charge in [-0.1, -0.05) is 5.16 Å². The summed E-state index contributed by atoms with van der Waals surface area (Å²) in [4.78, 5) is 14.8. The molecule has 1 fully saturated rings. The predicted octanol–water partition coefficient (Wildman–Crippen LogP) is 0.249. The SMILES string of the molecule is CC(=O)c1noc(CC2CCS(=O)(=O)C2)n1. The van der Waals surface area contributed by atoms with Gasteiger partial charge >= 0.3 is 0 Å². The van der Waals surface area contributed by atoms with Crippen LogP contribution in [0.4, 0.5) is 0 Å². The molecular formula is C9H12N2O4S. The van der Waals surface area contributed by atoms with Crippen LogP contribution >= 0.6 is 0 Å². The van der Waals surface area contributed by atoms with Gasteiger partial charge in [0.25, 0.3) is 0 Å². The van der Waals surface area contributed by atoms with Crippen LogP contribution in [-0.2, 0) is 16.3 Å². The van der Waals surface area contributed by atoms with Crippen molar-refractivity contribution in [3.05, 3.63) is 11.7 Å². The molecule has 1 aromatic heterocycles. The summed E-state index contributed by atoms with van der Waals surface area (Å²) in [5.74, 6) is 0.568. The Kier molecular flexibility index (Phi) is 2.79. The van der Waals surface area contributed by atoms with E-state index in [0.29, 0.717) is 18.7 Å². The molecule has 1 unspecified atom stereocenters. The maximum atomic E-state index is 11.2. The largest absolute Gasteiger partial charge is 0.339 e. The van der Waals surface area contributed by atoms with E-state index in [4.69, 9.17) is 4.52 Å². The second-order valence-corrected chi connectivity index (χ2v) is 6.27. The van der Waals surface area contributed by atoms with E-state index in [1.807, 2.05) is 0 Å². The smallest absolute Gasteiger partial charge is 0.238 e. The summed E-state index contributed by atoms with van der Waals surface area (Å²) in [6.07, 6.45) is 1.06. The van der Waals surface area contributed by atoms with Gasteiger partial charge in [0.1, 0.15) is 0 Å². The van der Waals surface area contributed by atoms with Crippen molar-refractivity contribution in [2.24, 2.45) is 5.92 Å². The molecule has 7 heteroatoms. The van der Waals surface area contributed by atoms with Crippen molar-refractivity contribution in [1.82, 2.24) is 10.1 Å². The third kappa shape index (κ3) is 2.46. The van der Waals surface area contributed by atoms with Crippen molar-refractivity contribution in [2.45, 2.75) is 19.8 Å². The Morgan fingerprint density at radius 2 is 2.31 bits per heavy atom. The number of sulfone groups is 1. The molecule has 16 heavy (non-hydrogen) atoms. The van der Waals surface area contributed by atoms with Crippen LogP contribution in [0.3, 0.4) is 0 Å². The minimum Gasteiger partial charge on any atom is -0.339 e. The summed E-state index contributed by atoms with van der Waals surface area (Å²) in [7, 11) is -2.88. The van der Waals surface area contributed by atoms with Gasteiger partial charge < -0.3 is 4.52 Å². The zero-order valence-corrected chi connectivity index (χ0v) is 9.66. The van der Waals surface area contributed by atoms with Gasteiger partial charge in [0.05, 0.1) is 11.5 Å². The van der Waals surface area contributed by atoms with E-state index in [2.05, 4.69) is 10.1 Å². The van der Waals surface area contributed by atoms with Crippen LogP contribution in [-0.4, -0.2) is 35.8 Å². The Balaban J connectivity index is 2.02. The number of carbonyl (C=O) groups excluding carboxylic acids is 1. The summed E-state index contributed by atoms with van der Waals surface area (Å²) in [6.45, 7) is 1.36.